The van der Waals surface area contributed by atoms with Crippen molar-refractivity contribution in [1.29, 1.82) is 0 Å². The summed E-state index contributed by atoms with van der Waals surface area (Å²) in [6.07, 6.45) is 7.20. The monoisotopic (exact) mass is 439 g/mol. The highest BCUT2D eigenvalue weighted by Crippen LogP contribution is 2.27. The molecule has 152 valence electrons. The zero-order valence-electron chi connectivity index (χ0n) is 17.3. The highest BCUT2D eigenvalue weighted by molar-refractivity contribution is 9.11. The molecule has 6 heteroatoms. The first-order chi connectivity index (χ1) is 12.6. The number of piperazine rings is 1. The second kappa shape index (κ2) is 9.18. The smallest absolute Gasteiger partial charge is 0.410 e. The SMILES string of the molecule is C/C1=C(N)\C(N2CCN(C(=O)OC(C)(C)C)CC2)=C\CC(C)/C=C(/Br)CC1. The summed E-state index contributed by atoms with van der Waals surface area (Å²) in [5, 5.41) is 0. The van der Waals surface area contributed by atoms with Crippen LogP contribution >= 0.6 is 15.9 Å². The average Bonchev–Trinajstić information content (AvgIpc) is 2.58. The van der Waals surface area contributed by atoms with E-state index in [2.05, 4.69) is 46.8 Å². The van der Waals surface area contributed by atoms with Gasteiger partial charge >= 0.3 is 6.09 Å². The highest BCUT2D eigenvalue weighted by atomic mass is 79.9. The van der Waals surface area contributed by atoms with E-state index in [1.165, 1.54) is 10.1 Å². The van der Waals surface area contributed by atoms with Gasteiger partial charge in [0.05, 0.1) is 11.4 Å². The van der Waals surface area contributed by atoms with Crippen molar-refractivity contribution in [3.8, 4) is 0 Å². The van der Waals surface area contributed by atoms with E-state index in [-0.39, 0.29) is 6.09 Å². The van der Waals surface area contributed by atoms with Gasteiger partial charge in [0.2, 0.25) is 0 Å². The minimum Gasteiger partial charge on any atom is -0.444 e. The van der Waals surface area contributed by atoms with E-state index in [0.29, 0.717) is 19.0 Å². The van der Waals surface area contributed by atoms with Gasteiger partial charge in [-0.2, -0.15) is 0 Å². The van der Waals surface area contributed by atoms with E-state index in [4.69, 9.17) is 10.5 Å². The van der Waals surface area contributed by atoms with Crippen molar-refractivity contribution in [1.82, 2.24) is 9.80 Å². The topological polar surface area (TPSA) is 58.8 Å². The molecule has 1 atom stereocenters. The summed E-state index contributed by atoms with van der Waals surface area (Å²) in [4.78, 5) is 16.4. The predicted molar refractivity (Wildman–Crippen MR) is 114 cm³/mol. The Hall–Kier alpha value is -1.43. The molecule has 0 bridgehead atoms. The fourth-order valence-corrected chi connectivity index (χ4v) is 3.93. The summed E-state index contributed by atoms with van der Waals surface area (Å²) in [6.45, 7) is 12.9. The van der Waals surface area contributed by atoms with Crippen LogP contribution in [0.4, 0.5) is 4.79 Å². The van der Waals surface area contributed by atoms with Gasteiger partial charge < -0.3 is 20.3 Å². The first kappa shape index (κ1) is 21.9. The molecule has 27 heavy (non-hydrogen) atoms. The average molecular weight is 440 g/mol. The van der Waals surface area contributed by atoms with Gasteiger partial charge in [-0.25, -0.2) is 4.79 Å². The quantitative estimate of drug-likeness (QED) is 0.639. The zero-order valence-corrected chi connectivity index (χ0v) is 18.9. The molecule has 0 radical (unpaired) electrons. The number of ether oxygens (including phenoxy) is 1. The molecule has 0 spiro atoms. The van der Waals surface area contributed by atoms with Crippen LogP contribution in [-0.2, 0) is 4.74 Å². The van der Waals surface area contributed by atoms with Crippen LogP contribution in [0.5, 0.6) is 0 Å². The van der Waals surface area contributed by atoms with Crippen LogP contribution in [-0.4, -0.2) is 47.7 Å². The summed E-state index contributed by atoms with van der Waals surface area (Å²) >= 11 is 3.67. The predicted octanol–water partition coefficient (Wildman–Crippen LogP) is 4.75. The van der Waals surface area contributed by atoms with Gasteiger partial charge in [-0.3, -0.25) is 0 Å². The molecular formula is C21H34BrN3O2. The van der Waals surface area contributed by atoms with Crippen molar-refractivity contribution in [3.63, 3.8) is 0 Å². The minimum absolute atomic E-state index is 0.231. The van der Waals surface area contributed by atoms with Gasteiger partial charge in [0.1, 0.15) is 5.60 Å². The Labute approximate surface area is 172 Å². The number of rotatable bonds is 1. The van der Waals surface area contributed by atoms with Gasteiger partial charge in [-0.15, -0.1) is 0 Å². The molecular weight excluding hydrogens is 406 g/mol. The molecule has 1 fully saturated rings. The molecule has 0 aromatic heterocycles. The Morgan fingerprint density at radius 1 is 1.22 bits per heavy atom. The lowest BCUT2D eigenvalue weighted by molar-refractivity contribution is 0.0170. The number of amides is 1. The molecule has 0 aromatic rings. The van der Waals surface area contributed by atoms with Crippen molar-refractivity contribution in [2.24, 2.45) is 11.7 Å². The van der Waals surface area contributed by atoms with E-state index >= 15 is 0 Å². The molecule has 1 amide bonds. The summed E-state index contributed by atoms with van der Waals surface area (Å²) in [7, 11) is 0. The van der Waals surface area contributed by atoms with Crippen LogP contribution in [0, 0.1) is 5.92 Å². The highest BCUT2D eigenvalue weighted by Gasteiger charge is 2.27. The Morgan fingerprint density at radius 2 is 1.85 bits per heavy atom. The molecule has 2 aliphatic rings. The summed E-state index contributed by atoms with van der Waals surface area (Å²) < 4.78 is 6.75. The van der Waals surface area contributed by atoms with Gasteiger partial charge in [0.25, 0.3) is 0 Å². The van der Waals surface area contributed by atoms with Crippen LogP contribution in [0.1, 0.15) is 53.9 Å². The van der Waals surface area contributed by atoms with E-state index in [0.717, 1.165) is 43.7 Å². The van der Waals surface area contributed by atoms with Crippen molar-refractivity contribution >= 4 is 22.0 Å². The van der Waals surface area contributed by atoms with Crippen LogP contribution < -0.4 is 5.73 Å². The second-order valence-electron chi connectivity index (χ2n) is 8.56. The van der Waals surface area contributed by atoms with Gasteiger partial charge in [-0.05, 0) is 62.9 Å². The fourth-order valence-electron chi connectivity index (χ4n) is 3.28. The van der Waals surface area contributed by atoms with Crippen molar-refractivity contribution in [2.45, 2.75) is 59.5 Å². The van der Waals surface area contributed by atoms with E-state index < -0.39 is 5.60 Å². The number of nitrogens with zero attached hydrogens (tertiary/aromatic N) is 2. The number of allylic oxidation sites excluding steroid dienone is 4. The number of hydrogen-bond donors (Lipinski definition) is 1. The zero-order chi connectivity index (χ0) is 20.2. The van der Waals surface area contributed by atoms with Gasteiger partial charge in [0, 0.05) is 26.2 Å². The van der Waals surface area contributed by atoms with Crippen molar-refractivity contribution < 1.29 is 9.53 Å². The maximum atomic E-state index is 12.3. The maximum Gasteiger partial charge on any atom is 0.410 e. The first-order valence-corrected chi connectivity index (χ1v) is 10.6. The third-order valence-electron chi connectivity index (χ3n) is 4.89. The molecule has 1 heterocycles. The summed E-state index contributed by atoms with van der Waals surface area (Å²) in [6, 6.07) is 0. The summed E-state index contributed by atoms with van der Waals surface area (Å²) in [5.41, 5.74) is 9.30. The number of nitrogens with two attached hydrogens (primary N) is 1. The molecule has 2 N–H and O–H groups in total. The standard InChI is InChI=1S/C21H34BrN3O2/c1-15-6-9-18(19(23)16(2)7-8-17(22)14-15)24-10-12-25(13-11-24)20(26)27-21(3,4)5/h9,14-15H,6-8,10-13,23H2,1-5H3/b17-14+,18-9-,19-16-. The molecule has 1 aliphatic carbocycles. The first-order valence-electron chi connectivity index (χ1n) is 9.81. The van der Waals surface area contributed by atoms with Crippen molar-refractivity contribution in [2.75, 3.05) is 26.2 Å². The van der Waals surface area contributed by atoms with Crippen LogP contribution in [0.25, 0.3) is 0 Å². The number of halogens is 1. The van der Waals surface area contributed by atoms with E-state index in [1.54, 1.807) is 4.90 Å². The number of hydrogen-bond acceptors (Lipinski definition) is 4. The molecule has 1 unspecified atom stereocenters. The number of carbonyl (C=O) groups excluding carboxylic acids is 1. The van der Waals surface area contributed by atoms with Crippen LogP contribution in [0.15, 0.2) is 33.6 Å². The molecule has 0 aromatic carbocycles. The Balaban J connectivity index is 2.10. The Bertz CT molecular complexity index is 638. The molecule has 1 aliphatic heterocycles. The molecule has 2 rings (SSSR count). The third kappa shape index (κ3) is 6.59. The largest absolute Gasteiger partial charge is 0.444 e. The van der Waals surface area contributed by atoms with Gasteiger partial charge in [0.15, 0.2) is 0 Å². The third-order valence-corrected chi connectivity index (χ3v) is 5.56. The molecule has 1 saturated heterocycles. The lowest BCUT2D eigenvalue weighted by Gasteiger charge is -2.38. The van der Waals surface area contributed by atoms with Gasteiger partial charge in [-0.1, -0.05) is 35.0 Å². The maximum absolute atomic E-state index is 12.3. The van der Waals surface area contributed by atoms with E-state index in [1.807, 2.05) is 20.8 Å². The van der Waals surface area contributed by atoms with Crippen molar-refractivity contribution in [3.05, 3.63) is 33.6 Å². The fraction of sp³-hybridized carbons (Fsp3) is 0.667. The lowest BCUT2D eigenvalue weighted by Crippen LogP contribution is -2.50. The minimum atomic E-state index is -0.463. The number of carbonyl (C=O) groups is 1. The normalized spacial score (nSPS) is 29.5. The second-order valence-corrected chi connectivity index (χ2v) is 9.58. The lowest BCUT2D eigenvalue weighted by atomic mass is 9.99. The van der Waals surface area contributed by atoms with E-state index in [9.17, 15) is 4.79 Å². The van der Waals surface area contributed by atoms with Crippen LogP contribution in [0.2, 0.25) is 0 Å². The van der Waals surface area contributed by atoms with Crippen LogP contribution in [0.3, 0.4) is 0 Å². The molecule has 5 nitrogen and oxygen atoms in total. The Morgan fingerprint density at radius 3 is 2.44 bits per heavy atom. The summed E-state index contributed by atoms with van der Waals surface area (Å²) in [5.74, 6) is 0.462. The molecule has 0 saturated carbocycles. The Kier molecular flexibility index (Phi) is 7.43.